The van der Waals surface area contributed by atoms with Gasteiger partial charge in [-0.15, -0.1) is 0 Å². The molecule has 0 atom stereocenters. The van der Waals surface area contributed by atoms with Gasteiger partial charge in [-0.25, -0.2) is 4.98 Å². The van der Waals surface area contributed by atoms with Gasteiger partial charge in [-0.05, 0) is 25.7 Å². The lowest BCUT2D eigenvalue weighted by Crippen LogP contribution is -2.32. The first-order valence-corrected chi connectivity index (χ1v) is 7.98. The highest BCUT2D eigenvalue weighted by Crippen LogP contribution is 2.34. The van der Waals surface area contributed by atoms with E-state index in [1.165, 1.54) is 19.3 Å². The molecule has 1 fully saturated rings. The predicted octanol–water partition coefficient (Wildman–Crippen LogP) is 3.88. The van der Waals surface area contributed by atoms with E-state index in [9.17, 15) is 4.79 Å². The highest BCUT2D eigenvalue weighted by atomic mass is 32.1. The van der Waals surface area contributed by atoms with Gasteiger partial charge in [0.15, 0.2) is 11.4 Å². The summed E-state index contributed by atoms with van der Waals surface area (Å²) in [5, 5.41) is 1.02. The van der Waals surface area contributed by atoms with Crippen LogP contribution in [0.4, 0.5) is 5.13 Å². The fourth-order valence-electron chi connectivity index (χ4n) is 2.40. The highest BCUT2D eigenvalue weighted by molar-refractivity contribution is 7.17. The van der Waals surface area contributed by atoms with E-state index in [1.54, 1.807) is 11.3 Å². The molecular weight excluding hydrogens is 256 g/mol. The second-order valence-corrected chi connectivity index (χ2v) is 7.42. The molecule has 3 nitrogen and oxygen atoms in total. The van der Waals surface area contributed by atoms with Crippen LogP contribution >= 0.6 is 11.3 Å². The summed E-state index contributed by atoms with van der Waals surface area (Å²) in [5.74, 6) is 0.821. The van der Waals surface area contributed by atoms with E-state index in [1.807, 2.05) is 0 Å². The minimum Gasteiger partial charge on any atom is -0.348 e. The van der Waals surface area contributed by atoms with Crippen LogP contribution in [-0.2, 0) is 5.41 Å². The van der Waals surface area contributed by atoms with Gasteiger partial charge in [0.25, 0.3) is 0 Å². The third kappa shape index (κ3) is 3.16. The molecule has 0 saturated heterocycles. The molecule has 1 aromatic rings. The first-order valence-electron chi connectivity index (χ1n) is 7.17. The van der Waals surface area contributed by atoms with E-state index in [-0.39, 0.29) is 5.41 Å². The lowest BCUT2D eigenvalue weighted by atomic mass is 9.85. The lowest BCUT2D eigenvalue weighted by molar-refractivity contribution is 0.112. The van der Waals surface area contributed by atoms with Crippen LogP contribution in [-0.4, -0.2) is 24.4 Å². The molecule has 0 unspecified atom stereocenters. The predicted molar refractivity (Wildman–Crippen MR) is 81.4 cm³/mol. The molecule has 1 heterocycles. The summed E-state index contributed by atoms with van der Waals surface area (Å²) in [7, 11) is 0. The molecule has 0 N–H and O–H groups in total. The Morgan fingerprint density at radius 2 is 2.11 bits per heavy atom. The van der Waals surface area contributed by atoms with Gasteiger partial charge in [0.2, 0.25) is 0 Å². The number of nitrogens with zero attached hydrogens (tertiary/aromatic N) is 2. The van der Waals surface area contributed by atoms with Gasteiger partial charge in [-0.3, -0.25) is 4.79 Å². The minimum atomic E-state index is -0.0686. The first kappa shape index (κ1) is 14.5. The smallest absolute Gasteiger partial charge is 0.186 e. The zero-order valence-corrected chi connectivity index (χ0v) is 13.2. The van der Waals surface area contributed by atoms with Crippen molar-refractivity contribution in [2.24, 2.45) is 5.92 Å². The van der Waals surface area contributed by atoms with Gasteiger partial charge < -0.3 is 4.90 Å². The van der Waals surface area contributed by atoms with Crippen LogP contribution in [0.2, 0.25) is 0 Å². The topological polar surface area (TPSA) is 33.2 Å². The van der Waals surface area contributed by atoms with Crippen molar-refractivity contribution in [2.45, 2.75) is 52.4 Å². The molecule has 106 valence electrons. The summed E-state index contributed by atoms with van der Waals surface area (Å²) < 4.78 is 0. The highest BCUT2D eigenvalue weighted by Gasteiger charge is 2.26. The Labute approximate surface area is 120 Å². The number of rotatable bonds is 5. The van der Waals surface area contributed by atoms with Gasteiger partial charge in [0.1, 0.15) is 0 Å². The van der Waals surface area contributed by atoms with Gasteiger partial charge in [-0.2, -0.15) is 0 Å². The van der Waals surface area contributed by atoms with Crippen LogP contribution in [0.1, 0.15) is 62.3 Å². The average molecular weight is 280 g/mol. The van der Waals surface area contributed by atoms with Crippen LogP contribution in [0.15, 0.2) is 0 Å². The van der Waals surface area contributed by atoms with E-state index in [0.29, 0.717) is 0 Å². The van der Waals surface area contributed by atoms with Crippen molar-refractivity contribution in [1.82, 2.24) is 4.98 Å². The molecule has 0 amide bonds. The number of anilines is 1. The molecule has 1 saturated carbocycles. The summed E-state index contributed by atoms with van der Waals surface area (Å²) in [4.78, 5) is 19.1. The van der Waals surface area contributed by atoms with E-state index >= 15 is 0 Å². The van der Waals surface area contributed by atoms with Crippen molar-refractivity contribution in [2.75, 3.05) is 18.0 Å². The second-order valence-electron chi connectivity index (χ2n) is 6.41. The number of carbonyl (C=O) groups excluding carboxylic acids is 1. The largest absolute Gasteiger partial charge is 0.348 e. The quantitative estimate of drug-likeness (QED) is 0.767. The van der Waals surface area contributed by atoms with E-state index < -0.39 is 0 Å². The number of hydrogen-bond acceptors (Lipinski definition) is 4. The molecule has 1 aromatic heterocycles. The number of hydrogen-bond donors (Lipinski definition) is 0. The Morgan fingerprint density at radius 3 is 2.47 bits per heavy atom. The van der Waals surface area contributed by atoms with Crippen LogP contribution in [0.3, 0.4) is 0 Å². The molecule has 1 aliphatic rings. The maximum Gasteiger partial charge on any atom is 0.186 e. The molecule has 4 heteroatoms. The normalized spacial score (nSPS) is 16.2. The van der Waals surface area contributed by atoms with Gasteiger partial charge in [-0.1, -0.05) is 38.5 Å². The Morgan fingerprint density at radius 1 is 1.42 bits per heavy atom. The van der Waals surface area contributed by atoms with Gasteiger partial charge in [0.05, 0.1) is 10.6 Å². The number of thiazole rings is 1. The Bertz CT molecular complexity index is 443. The van der Waals surface area contributed by atoms with Gasteiger partial charge >= 0.3 is 0 Å². The standard InChI is InChI=1S/C15H24N2OS/c1-5-17(9-11-7-6-8-11)14-16-13(15(2,3)4)12(10-18)19-14/h10-11H,5-9H2,1-4H3. The third-order valence-electron chi connectivity index (χ3n) is 3.82. The van der Waals surface area contributed by atoms with Crippen LogP contribution < -0.4 is 4.90 Å². The van der Waals surface area contributed by atoms with E-state index in [2.05, 4.69) is 32.6 Å². The van der Waals surface area contributed by atoms with Crippen LogP contribution in [0.25, 0.3) is 0 Å². The summed E-state index contributed by atoms with van der Waals surface area (Å²) in [6, 6.07) is 0. The fourth-order valence-corrected chi connectivity index (χ4v) is 3.57. The van der Waals surface area contributed by atoms with Crippen molar-refractivity contribution in [3.05, 3.63) is 10.6 Å². The van der Waals surface area contributed by atoms with Crippen molar-refractivity contribution < 1.29 is 4.79 Å². The van der Waals surface area contributed by atoms with Crippen molar-refractivity contribution >= 4 is 22.8 Å². The molecule has 0 radical (unpaired) electrons. The molecule has 0 spiro atoms. The molecule has 19 heavy (non-hydrogen) atoms. The van der Waals surface area contributed by atoms with E-state index in [4.69, 9.17) is 4.98 Å². The number of aromatic nitrogens is 1. The zero-order chi connectivity index (χ0) is 14.0. The summed E-state index contributed by atoms with van der Waals surface area (Å²) in [6.45, 7) is 10.6. The van der Waals surface area contributed by atoms with Crippen molar-refractivity contribution in [3.8, 4) is 0 Å². The number of carbonyl (C=O) groups is 1. The zero-order valence-electron chi connectivity index (χ0n) is 12.4. The SMILES string of the molecule is CCN(CC1CCC1)c1nc(C(C)(C)C)c(C=O)s1. The molecule has 0 bridgehead atoms. The lowest BCUT2D eigenvalue weighted by Gasteiger charge is -2.31. The first-order chi connectivity index (χ1) is 8.95. The summed E-state index contributed by atoms with van der Waals surface area (Å²) in [6.07, 6.45) is 5.01. The van der Waals surface area contributed by atoms with Crippen LogP contribution in [0.5, 0.6) is 0 Å². The van der Waals surface area contributed by atoms with Crippen molar-refractivity contribution in [3.63, 3.8) is 0 Å². The monoisotopic (exact) mass is 280 g/mol. The van der Waals surface area contributed by atoms with E-state index in [0.717, 1.165) is 41.0 Å². The summed E-state index contributed by atoms with van der Waals surface area (Å²) >= 11 is 1.54. The Hall–Kier alpha value is -0.900. The molecule has 0 aromatic carbocycles. The molecule has 2 rings (SSSR count). The van der Waals surface area contributed by atoms with Crippen LogP contribution in [0, 0.1) is 5.92 Å². The second kappa shape index (κ2) is 5.61. The summed E-state index contributed by atoms with van der Waals surface area (Å²) in [5.41, 5.74) is 0.871. The maximum atomic E-state index is 11.2. The fraction of sp³-hybridized carbons (Fsp3) is 0.733. The Balaban J connectivity index is 2.22. The molecule has 0 aliphatic heterocycles. The number of aldehydes is 1. The van der Waals surface area contributed by atoms with Gasteiger partial charge in [0, 0.05) is 18.5 Å². The van der Waals surface area contributed by atoms with Crippen molar-refractivity contribution in [1.29, 1.82) is 0 Å². The maximum absolute atomic E-state index is 11.2. The Kier molecular flexibility index (Phi) is 4.29. The minimum absolute atomic E-state index is 0.0686. The molecule has 1 aliphatic carbocycles. The average Bonchev–Trinajstić information content (AvgIpc) is 2.71. The third-order valence-corrected chi connectivity index (χ3v) is 4.86. The molecular formula is C15H24N2OS.